The van der Waals surface area contributed by atoms with Gasteiger partial charge in [0.2, 0.25) is 5.75 Å². The number of carbonyl (C=O) groups is 1. The van der Waals surface area contributed by atoms with E-state index < -0.39 is 4.75 Å². The lowest BCUT2D eigenvalue weighted by molar-refractivity contribution is -0.119. The van der Waals surface area contributed by atoms with Crippen LogP contribution in [0.5, 0.6) is 17.2 Å². The number of likely N-dealkylation sites (N-methyl/N-ethyl adjacent to an activating group) is 1. The molecule has 1 spiro atoms. The lowest BCUT2D eigenvalue weighted by atomic mass is 9.97. The van der Waals surface area contributed by atoms with Gasteiger partial charge >= 0.3 is 0 Å². The molecule has 0 aliphatic carbocycles. The van der Waals surface area contributed by atoms with Crippen molar-refractivity contribution in [2.75, 3.05) is 32.8 Å². The first kappa shape index (κ1) is 22.1. The highest BCUT2D eigenvalue weighted by Crippen LogP contribution is 2.63. The van der Waals surface area contributed by atoms with E-state index in [1.165, 1.54) is 11.8 Å². The average molecular weight is 523 g/mol. The van der Waals surface area contributed by atoms with Gasteiger partial charge in [0.25, 0.3) is 5.91 Å². The highest BCUT2D eigenvalue weighted by molar-refractivity contribution is 9.15. The fraction of sp³-hybridized carbons (Fsp3) is 0.261. The Morgan fingerprint density at radius 3 is 2.39 bits per heavy atom. The van der Waals surface area contributed by atoms with Gasteiger partial charge in [0.15, 0.2) is 11.5 Å². The van der Waals surface area contributed by atoms with Crippen LogP contribution >= 0.6 is 39.3 Å². The fourth-order valence-corrected chi connectivity index (χ4v) is 6.07. The summed E-state index contributed by atoms with van der Waals surface area (Å²) in [5.74, 6) is 1.47. The number of carbonyl (C=O) groups excluding carboxylic acids is 1. The van der Waals surface area contributed by atoms with Gasteiger partial charge in [0.05, 0.1) is 32.6 Å². The third kappa shape index (κ3) is 3.34. The molecular formula is C23H21BrClNO4S. The second kappa shape index (κ2) is 8.45. The number of fused-ring (bicyclic) bond motifs is 2. The molecule has 1 amide bonds. The van der Waals surface area contributed by atoms with Gasteiger partial charge in [-0.3, -0.25) is 4.79 Å². The van der Waals surface area contributed by atoms with E-state index in [9.17, 15) is 4.79 Å². The molecule has 0 N–H and O–H groups in total. The maximum Gasteiger partial charge on any atom is 0.252 e. The van der Waals surface area contributed by atoms with Crippen molar-refractivity contribution in [2.24, 2.45) is 0 Å². The van der Waals surface area contributed by atoms with Crippen molar-refractivity contribution in [3.8, 4) is 17.2 Å². The second-order valence-corrected chi connectivity index (χ2v) is 9.46. The van der Waals surface area contributed by atoms with Crippen LogP contribution in [-0.4, -0.2) is 33.8 Å². The lowest BCUT2D eigenvalue weighted by Crippen LogP contribution is -2.35. The van der Waals surface area contributed by atoms with Gasteiger partial charge in [0.1, 0.15) is 4.75 Å². The molecule has 5 nitrogen and oxygen atoms in total. The van der Waals surface area contributed by atoms with Crippen molar-refractivity contribution in [3.05, 3.63) is 63.5 Å². The zero-order valence-corrected chi connectivity index (χ0v) is 20.7. The summed E-state index contributed by atoms with van der Waals surface area (Å²) < 4.78 is 16.8. The van der Waals surface area contributed by atoms with Crippen LogP contribution in [0.25, 0.3) is 4.48 Å². The number of methoxy groups -OCH3 is 3. The number of nitrogens with zero attached hydrogens (tertiary/aromatic N) is 1. The highest BCUT2D eigenvalue weighted by Gasteiger charge is 2.55. The van der Waals surface area contributed by atoms with E-state index in [0.717, 1.165) is 26.2 Å². The van der Waals surface area contributed by atoms with Gasteiger partial charge in [-0.2, -0.15) is 0 Å². The van der Waals surface area contributed by atoms with Crippen molar-refractivity contribution in [1.82, 2.24) is 0 Å². The van der Waals surface area contributed by atoms with E-state index in [2.05, 4.69) is 15.9 Å². The van der Waals surface area contributed by atoms with E-state index in [1.54, 1.807) is 26.2 Å². The van der Waals surface area contributed by atoms with Crippen molar-refractivity contribution < 1.29 is 19.0 Å². The number of anilines is 1. The maximum absolute atomic E-state index is 13.7. The molecule has 0 aromatic heterocycles. The third-order valence-electron chi connectivity index (χ3n) is 5.40. The largest absolute Gasteiger partial charge is 0.493 e. The topological polar surface area (TPSA) is 48.0 Å². The van der Waals surface area contributed by atoms with Crippen LogP contribution in [0.15, 0.2) is 47.4 Å². The summed E-state index contributed by atoms with van der Waals surface area (Å²) in [5, 5.41) is 0.671. The van der Waals surface area contributed by atoms with Crippen molar-refractivity contribution in [1.29, 1.82) is 0 Å². The smallest absolute Gasteiger partial charge is 0.252 e. The molecule has 2 aliphatic heterocycles. The molecule has 31 heavy (non-hydrogen) atoms. The average Bonchev–Trinajstić information content (AvgIpc) is 3.33. The molecule has 2 aliphatic rings. The first-order valence-electron chi connectivity index (χ1n) is 9.61. The summed E-state index contributed by atoms with van der Waals surface area (Å²) in [6.07, 6.45) is 3.91. The molecule has 2 heterocycles. The van der Waals surface area contributed by atoms with E-state index >= 15 is 0 Å². The second-order valence-electron chi connectivity index (χ2n) is 6.95. The minimum atomic E-state index is -0.947. The molecule has 2 aromatic rings. The van der Waals surface area contributed by atoms with E-state index in [0.29, 0.717) is 28.8 Å². The molecule has 2 aromatic carbocycles. The molecule has 0 radical (unpaired) electrons. The Balaban J connectivity index is 1.90. The molecule has 0 saturated carbocycles. The Morgan fingerprint density at radius 1 is 1.13 bits per heavy atom. The number of benzene rings is 2. The molecule has 1 atom stereocenters. The van der Waals surface area contributed by atoms with Gasteiger partial charge in [0, 0.05) is 27.0 Å². The van der Waals surface area contributed by atoms with Crippen molar-refractivity contribution in [2.45, 2.75) is 11.7 Å². The van der Waals surface area contributed by atoms with Crippen LogP contribution in [0.1, 0.15) is 18.1 Å². The minimum Gasteiger partial charge on any atom is -0.493 e. The highest BCUT2D eigenvalue weighted by atomic mass is 79.9. The standard InChI is InChI=1S/C23H21BrClNO4S/c1-5-26-15-12-16(28-2)20(29-3)21(30-4)18(15)23(22(26)27)11-10-17(31-23)19(24)13-6-8-14(25)9-7-13/h6-12H,5H2,1-4H3/b19-17-. The van der Waals surface area contributed by atoms with Gasteiger partial charge < -0.3 is 19.1 Å². The summed E-state index contributed by atoms with van der Waals surface area (Å²) in [4.78, 5) is 16.4. The Kier molecular flexibility index (Phi) is 6.03. The minimum absolute atomic E-state index is 0.0220. The molecule has 4 rings (SSSR count). The summed E-state index contributed by atoms with van der Waals surface area (Å²) in [5.41, 5.74) is 2.51. The molecule has 8 heteroatoms. The van der Waals surface area contributed by atoms with E-state index in [-0.39, 0.29) is 5.91 Å². The summed E-state index contributed by atoms with van der Waals surface area (Å²) >= 11 is 11.2. The number of halogens is 2. The molecule has 0 fully saturated rings. The number of hydrogen-bond acceptors (Lipinski definition) is 5. The van der Waals surface area contributed by atoms with Gasteiger partial charge in [-0.1, -0.05) is 41.6 Å². The maximum atomic E-state index is 13.7. The van der Waals surface area contributed by atoms with Gasteiger partial charge in [-0.15, -0.1) is 0 Å². The van der Waals surface area contributed by atoms with Crippen LogP contribution < -0.4 is 19.1 Å². The number of ether oxygens (including phenoxy) is 3. The number of amides is 1. The van der Waals surface area contributed by atoms with Crippen LogP contribution in [0.4, 0.5) is 5.69 Å². The zero-order chi connectivity index (χ0) is 22.3. The Morgan fingerprint density at radius 2 is 1.81 bits per heavy atom. The molecule has 0 bridgehead atoms. The number of rotatable bonds is 5. The Bertz CT molecular complexity index is 1120. The predicted octanol–water partition coefficient (Wildman–Crippen LogP) is 5.99. The monoisotopic (exact) mass is 521 g/mol. The van der Waals surface area contributed by atoms with Crippen LogP contribution in [0.3, 0.4) is 0 Å². The van der Waals surface area contributed by atoms with E-state index in [1.807, 2.05) is 49.4 Å². The fourth-order valence-electron chi connectivity index (χ4n) is 3.99. The van der Waals surface area contributed by atoms with Gasteiger partial charge in [-0.05, 0) is 46.6 Å². The number of thioether (sulfide) groups is 1. The van der Waals surface area contributed by atoms with Crippen LogP contribution in [0, 0.1) is 0 Å². The quantitative estimate of drug-likeness (QED) is 0.482. The van der Waals surface area contributed by atoms with Crippen molar-refractivity contribution in [3.63, 3.8) is 0 Å². The molecule has 1 unspecified atom stereocenters. The Labute approximate surface area is 199 Å². The van der Waals surface area contributed by atoms with Crippen LogP contribution in [0.2, 0.25) is 5.02 Å². The first-order valence-corrected chi connectivity index (χ1v) is 11.6. The summed E-state index contributed by atoms with van der Waals surface area (Å²) in [6, 6.07) is 9.41. The van der Waals surface area contributed by atoms with Crippen molar-refractivity contribution >= 4 is 55.4 Å². The third-order valence-corrected chi connectivity index (χ3v) is 8.20. The summed E-state index contributed by atoms with van der Waals surface area (Å²) in [6.45, 7) is 2.48. The zero-order valence-electron chi connectivity index (χ0n) is 17.5. The first-order chi connectivity index (χ1) is 14.9. The van der Waals surface area contributed by atoms with E-state index in [4.69, 9.17) is 25.8 Å². The summed E-state index contributed by atoms with van der Waals surface area (Å²) in [7, 11) is 4.71. The molecule has 162 valence electrons. The Hall–Kier alpha value is -2.09. The van der Waals surface area contributed by atoms with Crippen LogP contribution in [-0.2, 0) is 9.54 Å². The number of hydrogen-bond donors (Lipinski definition) is 0. The number of allylic oxidation sites excluding steroid dienone is 1. The van der Waals surface area contributed by atoms with Gasteiger partial charge in [-0.25, -0.2) is 0 Å². The normalized spacial score (nSPS) is 21.0. The SMILES string of the molecule is CCN1C(=O)C2(C=C/C(=C(/Br)c3ccc(Cl)cc3)S2)c2c1cc(OC)c(OC)c2OC. The molecule has 0 saturated heterocycles. The molecular weight excluding hydrogens is 502 g/mol. The predicted molar refractivity (Wildman–Crippen MR) is 130 cm³/mol. The lowest BCUT2D eigenvalue weighted by Gasteiger charge is -2.23.